The van der Waals surface area contributed by atoms with Crippen LogP contribution in [0.2, 0.25) is 0 Å². The molecule has 0 saturated carbocycles. The number of benzene rings is 2. The van der Waals surface area contributed by atoms with Gasteiger partial charge in [0, 0.05) is 25.2 Å². The highest BCUT2D eigenvalue weighted by Crippen LogP contribution is 2.30. The zero-order valence-corrected chi connectivity index (χ0v) is 29.5. The van der Waals surface area contributed by atoms with E-state index in [0.717, 1.165) is 12.1 Å². The predicted molar refractivity (Wildman–Crippen MR) is 184 cm³/mol. The lowest BCUT2D eigenvalue weighted by Crippen LogP contribution is -2.41. The van der Waals surface area contributed by atoms with Crippen LogP contribution < -0.4 is 31.6 Å². The SMILES string of the molecule is CCNC(=O)CN(C)CC(=O)NCCOCCOCCOCCNS(=O)(=O)c1ccc(Oc2c(F)cc(/C=C(\C)C(=O)N=C(N)N)cc2F)cc1. The highest BCUT2D eigenvalue weighted by atomic mass is 32.2. The standard InChI is InChI=1S/C32H45F2N7O9S/c1-4-37-28(42)20-41(3)21-29(43)38-9-11-47-13-15-49-16-14-48-12-10-39-51(45,46)25-7-5-24(6-8-25)50-30-26(33)18-23(19-27(30)34)17-22(2)31(44)40-32(35)36/h5-8,17-19,39H,4,9-16,20-21H2,1-3H3,(H,37,42)(H,38,43)(H4,35,36,40,44)/b22-17+. The lowest BCUT2D eigenvalue weighted by Gasteiger charge is -2.15. The van der Waals surface area contributed by atoms with Crippen molar-refractivity contribution in [1.82, 2.24) is 20.3 Å². The maximum Gasteiger partial charge on any atom is 0.275 e. The van der Waals surface area contributed by atoms with Crippen molar-refractivity contribution < 1.29 is 50.5 Å². The Labute approximate surface area is 295 Å². The first kappa shape index (κ1) is 42.6. The van der Waals surface area contributed by atoms with E-state index in [1.807, 2.05) is 6.92 Å². The van der Waals surface area contributed by atoms with Crippen LogP contribution >= 0.6 is 0 Å². The number of aliphatic imine (C=N–C) groups is 1. The van der Waals surface area contributed by atoms with Gasteiger partial charge in [-0.15, -0.1) is 0 Å². The third-order valence-corrected chi connectivity index (χ3v) is 7.85. The van der Waals surface area contributed by atoms with Gasteiger partial charge in [0.05, 0.1) is 57.6 Å². The molecule has 0 fully saturated rings. The fourth-order valence-electron chi connectivity index (χ4n) is 4.07. The topological polar surface area (TPSA) is 226 Å². The molecule has 7 N–H and O–H groups in total. The molecule has 282 valence electrons. The van der Waals surface area contributed by atoms with E-state index in [4.69, 9.17) is 30.4 Å². The van der Waals surface area contributed by atoms with E-state index >= 15 is 0 Å². The minimum absolute atomic E-state index is 0.0224. The molecule has 0 bridgehead atoms. The van der Waals surface area contributed by atoms with Crippen molar-refractivity contribution in [2.75, 3.05) is 79.4 Å². The summed E-state index contributed by atoms with van der Waals surface area (Å²) in [7, 11) is -2.24. The van der Waals surface area contributed by atoms with Crippen molar-refractivity contribution in [2.24, 2.45) is 16.5 Å². The average Bonchev–Trinajstić information content (AvgIpc) is 3.04. The third kappa shape index (κ3) is 16.8. The number of hydrogen-bond acceptors (Lipinski definition) is 10. The first-order valence-electron chi connectivity index (χ1n) is 15.8. The zero-order valence-electron chi connectivity index (χ0n) is 28.7. The highest BCUT2D eigenvalue weighted by Gasteiger charge is 2.17. The van der Waals surface area contributed by atoms with Crippen LogP contribution in [-0.4, -0.2) is 116 Å². The number of ether oxygens (including phenoxy) is 4. The number of guanidine groups is 1. The molecule has 2 rings (SSSR count). The fourth-order valence-corrected chi connectivity index (χ4v) is 5.09. The maximum atomic E-state index is 14.7. The summed E-state index contributed by atoms with van der Waals surface area (Å²) < 4.78 is 78.4. The Kier molecular flexibility index (Phi) is 18.7. The molecule has 51 heavy (non-hydrogen) atoms. The molecule has 0 heterocycles. The van der Waals surface area contributed by atoms with Gasteiger partial charge in [0.2, 0.25) is 21.8 Å². The molecular formula is C32H45F2N7O9S. The first-order chi connectivity index (χ1) is 24.2. The number of nitrogens with two attached hydrogens (primary N) is 2. The molecule has 0 radical (unpaired) electrons. The van der Waals surface area contributed by atoms with Crippen LogP contribution in [0.1, 0.15) is 19.4 Å². The van der Waals surface area contributed by atoms with Gasteiger partial charge in [-0.25, -0.2) is 21.9 Å². The molecule has 0 aliphatic rings. The number of carbonyl (C=O) groups is 3. The molecular weight excluding hydrogens is 696 g/mol. The number of carbonyl (C=O) groups excluding carboxylic acids is 3. The summed E-state index contributed by atoms with van der Waals surface area (Å²) >= 11 is 0. The fraction of sp³-hybridized carbons (Fsp3) is 0.438. The molecule has 0 spiro atoms. The van der Waals surface area contributed by atoms with Gasteiger partial charge < -0.3 is 41.0 Å². The Balaban J connectivity index is 1.63. The number of halogens is 2. The van der Waals surface area contributed by atoms with Crippen LogP contribution in [0.4, 0.5) is 8.78 Å². The van der Waals surface area contributed by atoms with Gasteiger partial charge in [-0.3, -0.25) is 19.3 Å². The number of amides is 3. The summed E-state index contributed by atoms with van der Waals surface area (Å²) in [4.78, 5) is 40.1. The third-order valence-electron chi connectivity index (χ3n) is 6.38. The van der Waals surface area contributed by atoms with E-state index in [1.54, 1.807) is 11.9 Å². The normalized spacial score (nSPS) is 11.7. The molecule has 19 heteroatoms. The van der Waals surface area contributed by atoms with Gasteiger partial charge >= 0.3 is 0 Å². The second-order valence-electron chi connectivity index (χ2n) is 10.8. The van der Waals surface area contributed by atoms with Crippen LogP contribution in [0, 0.1) is 11.6 Å². The Morgan fingerprint density at radius 3 is 1.94 bits per heavy atom. The maximum absolute atomic E-state index is 14.7. The monoisotopic (exact) mass is 741 g/mol. The Hall–Kier alpha value is -4.53. The number of rotatable bonds is 23. The number of nitrogens with one attached hydrogen (secondary N) is 3. The van der Waals surface area contributed by atoms with Crippen LogP contribution in [0.15, 0.2) is 51.9 Å². The van der Waals surface area contributed by atoms with E-state index in [9.17, 15) is 31.6 Å². The van der Waals surface area contributed by atoms with Crippen LogP contribution in [0.3, 0.4) is 0 Å². The van der Waals surface area contributed by atoms with E-state index in [1.165, 1.54) is 37.3 Å². The number of hydrogen-bond donors (Lipinski definition) is 5. The van der Waals surface area contributed by atoms with Gasteiger partial charge in [0.15, 0.2) is 23.3 Å². The molecule has 0 aliphatic heterocycles. The second-order valence-corrected chi connectivity index (χ2v) is 12.5. The molecule has 0 atom stereocenters. The first-order valence-corrected chi connectivity index (χ1v) is 17.2. The van der Waals surface area contributed by atoms with Crippen molar-refractivity contribution in [2.45, 2.75) is 18.7 Å². The van der Waals surface area contributed by atoms with E-state index in [0.29, 0.717) is 32.9 Å². The summed E-state index contributed by atoms with van der Waals surface area (Å²) in [5.41, 5.74) is 10.4. The molecule has 0 saturated heterocycles. The van der Waals surface area contributed by atoms with Gasteiger partial charge in [-0.1, -0.05) is 0 Å². The van der Waals surface area contributed by atoms with E-state index < -0.39 is 39.3 Å². The smallest absolute Gasteiger partial charge is 0.275 e. The van der Waals surface area contributed by atoms with Crippen molar-refractivity contribution in [3.8, 4) is 11.5 Å². The van der Waals surface area contributed by atoms with Crippen LogP contribution in [0.25, 0.3) is 6.08 Å². The zero-order chi connectivity index (χ0) is 37.8. The lowest BCUT2D eigenvalue weighted by atomic mass is 10.1. The van der Waals surface area contributed by atoms with Crippen molar-refractivity contribution in [3.63, 3.8) is 0 Å². The minimum atomic E-state index is -3.91. The molecule has 0 aromatic heterocycles. The molecule has 0 unspecified atom stereocenters. The molecule has 16 nitrogen and oxygen atoms in total. The van der Waals surface area contributed by atoms with Gasteiger partial charge in [-0.05, 0) is 68.9 Å². The molecule has 0 aliphatic carbocycles. The van der Waals surface area contributed by atoms with Crippen LogP contribution in [0.5, 0.6) is 11.5 Å². The minimum Gasteiger partial charge on any atom is -0.451 e. The summed E-state index contributed by atoms with van der Waals surface area (Å²) in [6, 6.07) is 6.80. The average molecular weight is 742 g/mol. The van der Waals surface area contributed by atoms with Gasteiger partial charge in [0.25, 0.3) is 5.91 Å². The summed E-state index contributed by atoms with van der Waals surface area (Å²) in [6.07, 6.45) is 1.20. The summed E-state index contributed by atoms with van der Waals surface area (Å²) in [6.45, 7) is 5.67. The largest absolute Gasteiger partial charge is 0.451 e. The van der Waals surface area contributed by atoms with Gasteiger partial charge in [-0.2, -0.15) is 4.99 Å². The summed E-state index contributed by atoms with van der Waals surface area (Å²) in [5.74, 6) is -4.46. The van der Waals surface area contributed by atoms with Gasteiger partial charge in [0.1, 0.15) is 5.75 Å². The van der Waals surface area contributed by atoms with E-state index in [-0.39, 0.29) is 73.1 Å². The lowest BCUT2D eigenvalue weighted by molar-refractivity contribution is -0.124. The molecule has 2 aromatic rings. The quantitative estimate of drug-likeness (QED) is 0.0454. The summed E-state index contributed by atoms with van der Waals surface area (Å²) in [5, 5.41) is 5.37. The van der Waals surface area contributed by atoms with Crippen LogP contribution in [-0.2, 0) is 38.6 Å². The van der Waals surface area contributed by atoms with E-state index in [2.05, 4.69) is 20.3 Å². The predicted octanol–water partition coefficient (Wildman–Crippen LogP) is 0.473. The molecule has 3 amide bonds. The Bertz CT molecular complexity index is 1600. The number of likely N-dealkylation sites (N-methyl/N-ethyl adjacent to an activating group) is 2. The number of nitrogens with zero attached hydrogens (tertiary/aromatic N) is 2. The van der Waals surface area contributed by atoms with Crippen molar-refractivity contribution in [3.05, 3.63) is 59.2 Å². The Morgan fingerprint density at radius 1 is 0.863 bits per heavy atom. The van der Waals surface area contributed by atoms with Crippen molar-refractivity contribution >= 4 is 39.8 Å². The molecule has 2 aromatic carbocycles. The highest BCUT2D eigenvalue weighted by molar-refractivity contribution is 7.89. The van der Waals surface area contributed by atoms with Crippen molar-refractivity contribution in [1.29, 1.82) is 0 Å². The Morgan fingerprint density at radius 2 is 1.39 bits per heavy atom. The second kappa shape index (κ2) is 22.3. The number of sulfonamides is 1.